The summed E-state index contributed by atoms with van der Waals surface area (Å²) in [4.78, 5) is 28.9. The third kappa shape index (κ3) is 4.09. The van der Waals surface area contributed by atoms with E-state index in [0.717, 1.165) is 27.4 Å². The number of nitrogens with zero attached hydrogens (tertiary/aromatic N) is 1. The van der Waals surface area contributed by atoms with Crippen molar-refractivity contribution < 1.29 is 14.3 Å². The lowest BCUT2D eigenvalue weighted by molar-refractivity contribution is -0.126. The van der Waals surface area contributed by atoms with E-state index in [2.05, 4.69) is 5.32 Å². The number of benzene rings is 2. The molecule has 30 heavy (non-hydrogen) atoms. The van der Waals surface area contributed by atoms with E-state index in [1.54, 1.807) is 23.3 Å². The molecule has 2 amide bonds. The number of rotatable bonds is 6. The van der Waals surface area contributed by atoms with E-state index in [-0.39, 0.29) is 24.3 Å². The predicted molar refractivity (Wildman–Crippen MR) is 119 cm³/mol. The highest BCUT2D eigenvalue weighted by molar-refractivity contribution is 7.10. The lowest BCUT2D eigenvalue weighted by Gasteiger charge is -2.27. The first kappa shape index (κ1) is 20.2. The standard InChI is InChI=1S/C24H24N2O3S/c1-16-5-9-18(10-6-16)26-22(27)14-20(23(26)21-4-3-13-30-21)24(28)25-15-17-7-11-19(29-2)12-8-17/h3-13,20,23H,14-15H2,1-2H3,(H,25,28)/t20-,23+/m1/s1. The van der Waals surface area contributed by atoms with Gasteiger partial charge in [-0.1, -0.05) is 35.9 Å². The van der Waals surface area contributed by atoms with Crippen LogP contribution in [0.1, 0.15) is 28.5 Å². The number of thiophene rings is 1. The molecule has 2 atom stereocenters. The van der Waals surface area contributed by atoms with Gasteiger partial charge >= 0.3 is 0 Å². The largest absolute Gasteiger partial charge is 0.497 e. The van der Waals surface area contributed by atoms with Crippen molar-refractivity contribution in [1.82, 2.24) is 5.32 Å². The second-order valence-corrected chi connectivity index (χ2v) is 8.42. The third-order valence-electron chi connectivity index (χ3n) is 5.43. The minimum absolute atomic E-state index is 0.0261. The number of ether oxygens (including phenoxy) is 1. The maximum atomic E-state index is 13.1. The van der Waals surface area contributed by atoms with E-state index < -0.39 is 5.92 Å². The van der Waals surface area contributed by atoms with Crippen LogP contribution < -0.4 is 15.0 Å². The number of anilines is 1. The van der Waals surface area contributed by atoms with Gasteiger partial charge in [-0.05, 0) is 48.2 Å². The highest BCUT2D eigenvalue weighted by Gasteiger charge is 2.45. The van der Waals surface area contributed by atoms with E-state index in [4.69, 9.17) is 4.74 Å². The minimum Gasteiger partial charge on any atom is -0.497 e. The van der Waals surface area contributed by atoms with E-state index in [1.165, 1.54) is 0 Å². The van der Waals surface area contributed by atoms with Crippen molar-refractivity contribution in [2.75, 3.05) is 12.0 Å². The number of carbonyl (C=O) groups excluding carboxylic acids is 2. The molecule has 1 aliphatic heterocycles. The monoisotopic (exact) mass is 420 g/mol. The summed E-state index contributed by atoms with van der Waals surface area (Å²) in [5.74, 6) is 0.211. The maximum absolute atomic E-state index is 13.1. The maximum Gasteiger partial charge on any atom is 0.228 e. The van der Waals surface area contributed by atoms with Crippen LogP contribution in [0.25, 0.3) is 0 Å². The molecule has 1 N–H and O–H groups in total. The lowest BCUT2D eigenvalue weighted by Crippen LogP contribution is -2.35. The summed E-state index contributed by atoms with van der Waals surface area (Å²) >= 11 is 1.58. The third-order valence-corrected chi connectivity index (χ3v) is 6.37. The Hall–Kier alpha value is -3.12. The van der Waals surface area contributed by atoms with Crippen LogP contribution in [0.15, 0.2) is 66.0 Å². The number of hydrogen-bond donors (Lipinski definition) is 1. The van der Waals surface area contributed by atoms with Gasteiger partial charge in [-0.3, -0.25) is 9.59 Å². The second kappa shape index (κ2) is 8.71. The highest BCUT2D eigenvalue weighted by Crippen LogP contribution is 2.43. The van der Waals surface area contributed by atoms with Crippen LogP contribution in [-0.2, 0) is 16.1 Å². The van der Waals surface area contributed by atoms with Crippen molar-refractivity contribution in [2.24, 2.45) is 5.92 Å². The summed E-state index contributed by atoms with van der Waals surface area (Å²) < 4.78 is 5.18. The lowest BCUT2D eigenvalue weighted by atomic mass is 9.97. The van der Waals surface area contributed by atoms with Crippen molar-refractivity contribution in [3.8, 4) is 5.75 Å². The fraction of sp³-hybridized carbons (Fsp3) is 0.250. The van der Waals surface area contributed by atoms with Crippen LogP contribution >= 0.6 is 11.3 Å². The van der Waals surface area contributed by atoms with Gasteiger partial charge in [0, 0.05) is 23.5 Å². The molecular formula is C24H24N2O3S. The molecular weight excluding hydrogens is 396 g/mol. The van der Waals surface area contributed by atoms with Gasteiger partial charge in [-0.15, -0.1) is 11.3 Å². The summed E-state index contributed by atoms with van der Waals surface area (Å²) in [6.45, 7) is 2.43. The van der Waals surface area contributed by atoms with Gasteiger partial charge in [0.25, 0.3) is 0 Å². The smallest absolute Gasteiger partial charge is 0.228 e. The minimum atomic E-state index is -0.435. The number of methoxy groups -OCH3 is 1. The number of hydrogen-bond acceptors (Lipinski definition) is 4. The Labute approximate surface area is 180 Å². The first-order valence-corrected chi connectivity index (χ1v) is 10.8. The van der Waals surface area contributed by atoms with Crippen molar-refractivity contribution in [1.29, 1.82) is 0 Å². The number of nitrogens with one attached hydrogen (secondary N) is 1. The summed E-state index contributed by atoms with van der Waals surface area (Å²) in [7, 11) is 1.62. The van der Waals surface area contributed by atoms with Gasteiger partial charge in [-0.25, -0.2) is 0 Å². The molecule has 0 radical (unpaired) electrons. The molecule has 1 fully saturated rings. The van der Waals surface area contributed by atoms with Gasteiger partial charge in [0.05, 0.1) is 19.1 Å². The molecule has 2 heterocycles. The van der Waals surface area contributed by atoms with Crippen molar-refractivity contribution >= 4 is 28.8 Å². The van der Waals surface area contributed by atoms with Gasteiger partial charge in [-0.2, -0.15) is 0 Å². The molecule has 0 bridgehead atoms. The van der Waals surface area contributed by atoms with Crippen molar-refractivity contribution in [2.45, 2.75) is 25.9 Å². The molecule has 0 saturated carbocycles. The number of amides is 2. The molecule has 5 nitrogen and oxygen atoms in total. The molecule has 2 aromatic carbocycles. The topological polar surface area (TPSA) is 58.6 Å². The molecule has 4 rings (SSSR count). The molecule has 0 aliphatic carbocycles. The van der Waals surface area contributed by atoms with E-state index in [1.807, 2.05) is 73.0 Å². The molecule has 1 saturated heterocycles. The summed E-state index contributed by atoms with van der Waals surface area (Å²) in [5.41, 5.74) is 2.94. The number of aryl methyl sites for hydroxylation is 1. The zero-order chi connectivity index (χ0) is 21.1. The predicted octanol–water partition coefficient (Wildman–Crippen LogP) is 4.48. The van der Waals surface area contributed by atoms with Crippen LogP contribution in [-0.4, -0.2) is 18.9 Å². The quantitative estimate of drug-likeness (QED) is 0.640. The Balaban J connectivity index is 1.55. The van der Waals surface area contributed by atoms with Crippen molar-refractivity contribution in [3.63, 3.8) is 0 Å². The number of carbonyl (C=O) groups is 2. The first-order valence-electron chi connectivity index (χ1n) is 9.89. The van der Waals surface area contributed by atoms with Crippen LogP contribution in [0.3, 0.4) is 0 Å². The van der Waals surface area contributed by atoms with Crippen LogP contribution in [0, 0.1) is 12.8 Å². The Morgan fingerprint density at radius 1 is 1.13 bits per heavy atom. The molecule has 3 aromatic rings. The summed E-state index contributed by atoms with van der Waals surface area (Å²) in [6.07, 6.45) is 0.199. The molecule has 6 heteroatoms. The Kier molecular flexibility index (Phi) is 5.86. The first-order chi connectivity index (χ1) is 14.6. The zero-order valence-corrected chi connectivity index (χ0v) is 17.8. The molecule has 0 unspecified atom stereocenters. The zero-order valence-electron chi connectivity index (χ0n) is 17.0. The fourth-order valence-electron chi connectivity index (χ4n) is 3.83. The van der Waals surface area contributed by atoms with Gasteiger partial charge in [0.1, 0.15) is 5.75 Å². The molecule has 1 aliphatic rings. The second-order valence-electron chi connectivity index (χ2n) is 7.44. The Bertz CT molecular complexity index is 1010. The Morgan fingerprint density at radius 3 is 2.50 bits per heavy atom. The normalized spacial score (nSPS) is 18.5. The molecule has 154 valence electrons. The van der Waals surface area contributed by atoms with Gasteiger partial charge in [0.2, 0.25) is 11.8 Å². The average molecular weight is 421 g/mol. The van der Waals surface area contributed by atoms with Crippen molar-refractivity contribution in [3.05, 3.63) is 82.0 Å². The van der Waals surface area contributed by atoms with E-state index >= 15 is 0 Å². The SMILES string of the molecule is COc1ccc(CNC(=O)[C@@H]2CC(=O)N(c3ccc(C)cc3)[C@@H]2c2cccs2)cc1. The van der Waals surface area contributed by atoms with Crippen LogP contribution in [0.2, 0.25) is 0 Å². The fourth-order valence-corrected chi connectivity index (χ4v) is 4.71. The average Bonchev–Trinajstić information content (AvgIpc) is 3.41. The van der Waals surface area contributed by atoms with Gasteiger partial charge in [0.15, 0.2) is 0 Å². The van der Waals surface area contributed by atoms with Crippen LogP contribution in [0.5, 0.6) is 5.75 Å². The molecule has 1 aromatic heterocycles. The summed E-state index contributed by atoms with van der Waals surface area (Å²) in [6, 6.07) is 19.1. The van der Waals surface area contributed by atoms with Crippen LogP contribution in [0.4, 0.5) is 5.69 Å². The Morgan fingerprint density at radius 2 is 1.87 bits per heavy atom. The van der Waals surface area contributed by atoms with E-state index in [9.17, 15) is 9.59 Å². The van der Waals surface area contributed by atoms with E-state index in [0.29, 0.717) is 6.54 Å². The molecule has 0 spiro atoms. The van der Waals surface area contributed by atoms with Gasteiger partial charge < -0.3 is 15.0 Å². The highest BCUT2D eigenvalue weighted by atomic mass is 32.1. The summed E-state index contributed by atoms with van der Waals surface area (Å²) in [5, 5.41) is 5.00.